The Hall–Kier alpha value is -3.26. The first kappa shape index (κ1) is 22.0. The number of rotatable bonds is 8. The van der Waals surface area contributed by atoms with E-state index in [4.69, 9.17) is 9.47 Å². The van der Waals surface area contributed by atoms with Crippen molar-refractivity contribution in [3.8, 4) is 5.75 Å². The number of aliphatic hydroxyl groups excluding tert-OH is 1. The van der Waals surface area contributed by atoms with Crippen LogP contribution < -0.4 is 20.7 Å². The van der Waals surface area contributed by atoms with Gasteiger partial charge in [-0.05, 0) is 56.2 Å². The van der Waals surface area contributed by atoms with Gasteiger partial charge in [0.25, 0.3) is 0 Å². The number of nitrogens with one attached hydrogen (secondary N) is 3. The monoisotopic (exact) mass is 401 g/mol. The second-order valence-electron chi connectivity index (χ2n) is 6.44. The molecule has 8 nitrogen and oxygen atoms in total. The molecule has 2 rings (SSSR count). The van der Waals surface area contributed by atoms with E-state index in [1.54, 1.807) is 38.1 Å². The minimum atomic E-state index is -0.862. The van der Waals surface area contributed by atoms with Gasteiger partial charge in [-0.1, -0.05) is 18.2 Å². The summed E-state index contributed by atoms with van der Waals surface area (Å²) in [4.78, 5) is 23.7. The van der Waals surface area contributed by atoms with Crippen molar-refractivity contribution in [1.29, 1.82) is 0 Å². The lowest BCUT2D eigenvalue weighted by atomic mass is 10.1. The van der Waals surface area contributed by atoms with Crippen LogP contribution in [0, 0.1) is 13.8 Å². The maximum Gasteiger partial charge on any atom is 0.411 e. The molecule has 156 valence electrons. The van der Waals surface area contributed by atoms with Crippen LogP contribution in [0.4, 0.5) is 21.0 Å². The lowest BCUT2D eigenvalue weighted by Gasteiger charge is -2.16. The highest BCUT2D eigenvalue weighted by molar-refractivity contribution is 5.93. The van der Waals surface area contributed by atoms with E-state index in [1.165, 1.54) is 0 Å². The van der Waals surface area contributed by atoms with Gasteiger partial charge in [0.2, 0.25) is 0 Å². The fourth-order valence-corrected chi connectivity index (χ4v) is 2.52. The molecule has 0 bridgehead atoms. The summed E-state index contributed by atoms with van der Waals surface area (Å²) < 4.78 is 10.4. The molecule has 0 saturated heterocycles. The van der Waals surface area contributed by atoms with Crippen LogP contribution in [-0.4, -0.2) is 43.1 Å². The third kappa shape index (κ3) is 7.34. The minimum Gasteiger partial charge on any atom is -0.491 e. The average Bonchev–Trinajstić information content (AvgIpc) is 2.68. The molecule has 0 fully saturated rings. The topological polar surface area (TPSA) is 109 Å². The van der Waals surface area contributed by atoms with Crippen molar-refractivity contribution in [3.05, 3.63) is 53.6 Å². The van der Waals surface area contributed by atoms with E-state index >= 15 is 0 Å². The van der Waals surface area contributed by atoms with E-state index in [2.05, 4.69) is 16.0 Å². The zero-order chi connectivity index (χ0) is 21.2. The van der Waals surface area contributed by atoms with Crippen LogP contribution >= 0.6 is 0 Å². The standard InChI is InChI=1S/C21H27N3O5/c1-4-28-21(27)24-19-10-6-9-18(15(19)3)23-20(26)22-12-16(25)13-29-17-8-5-7-14(2)11-17/h5-11,16,25H,4,12-13H2,1-3H3,(H,24,27)(H2,22,23,26)/t16-/m1/s1. The van der Waals surface area contributed by atoms with Gasteiger partial charge in [0.15, 0.2) is 0 Å². The highest BCUT2D eigenvalue weighted by atomic mass is 16.5. The fraction of sp³-hybridized carbons (Fsp3) is 0.333. The summed E-state index contributed by atoms with van der Waals surface area (Å²) in [6.07, 6.45) is -1.42. The maximum absolute atomic E-state index is 12.1. The molecule has 0 aliphatic carbocycles. The molecule has 3 amide bonds. The second kappa shape index (κ2) is 10.9. The van der Waals surface area contributed by atoms with Crippen LogP contribution in [0.25, 0.3) is 0 Å². The first-order chi connectivity index (χ1) is 13.9. The lowest BCUT2D eigenvalue weighted by Crippen LogP contribution is -2.37. The summed E-state index contributed by atoms with van der Waals surface area (Å²) in [5.41, 5.74) is 2.80. The van der Waals surface area contributed by atoms with E-state index in [9.17, 15) is 14.7 Å². The molecule has 0 unspecified atom stereocenters. The van der Waals surface area contributed by atoms with E-state index in [0.717, 1.165) is 5.56 Å². The van der Waals surface area contributed by atoms with Crippen molar-refractivity contribution < 1.29 is 24.2 Å². The SMILES string of the molecule is CCOC(=O)Nc1cccc(NC(=O)NC[C@@H](O)COc2cccc(C)c2)c1C. The zero-order valence-corrected chi connectivity index (χ0v) is 16.8. The molecule has 4 N–H and O–H groups in total. The Morgan fingerprint density at radius 2 is 1.76 bits per heavy atom. The smallest absolute Gasteiger partial charge is 0.411 e. The molecule has 2 aromatic carbocycles. The predicted molar refractivity (Wildman–Crippen MR) is 112 cm³/mol. The van der Waals surface area contributed by atoms with Crippen LogP contribution in [-0.2, 0) is 4.74 Å². The maximum atomic E-state index is 12.1. The Morgan fingerprint density at radius 1 is 1.07 bits per heavy atom. The summed E-state index contributed by atoms with van der Waals surface area (Å²) >= 11 is 0. The number of ether oxygens (including phenoxy) is 2. The molecule has 1 atom stereocenters. The van der Waals surface area contributed by atoms with Crippen LogP contribution in [0.5, 0.6) is 5.75 Å². The quantitative estimate of drug-likeness (QED) is 0.542. The van der Waals surface area contributed by atoms with Crippen molar-refractivity contribution in [2.75, 3.05) is 30.4 Å². The van der Waals surface area contributed by atoms with Crippen LogP contribution in [0.15, 0.2) is 42.5 Å². The van der Waals surface area contributed by atoms with Gasteiger partial charge in [-0.2, -0.15) is 0 Å². The Bertz CT molecular complexity index is 841. The minimum absolute atomic E-state index is 0.0253. The lowest BCUT2D eigenvalue weighted by molar-refractivity contribution is 0.108. The van der Waals surface area contributed by atoms with Crippen LogP contribution in [0.3, 0.4) is 0 Å². The van der Waals surface area contributed by atoms with Gasteiger partial charge in [-0.15, -0.1) is 0 Å². The molecule has 29 heavy (non-hydrogen) atoms. The molecule has 0 heterocycles. The number of carbonyl (C=O) groups is 2. The molecule has 0 aliphatic rings. The second-order valence-corrected chi connectivity index (χ2v) is 6.44. The van der Waals surface area contributed by atoms with E-state index in [1.807, 2.05) is 25.1 Å². The normalized spacial score (nSPS) is 11.3. The molecule has 0 radical (unpaired) electrons. The van der Waals surface area contributed by atoms with Crippen molar-refractivity contribution in [2.45, 2.75) is 26.9 Å². The highest BCUT2D eigenvalue weighted by Crippen LogP contribution is 2.23. The molecular formula is C21H27N3O5. The van der Waals surface area contributed by atoms with Gasteiger partial charge in [-0.25, -0.2) is 9.59 Å². The van der Waals surface area contributed by atoms with E-state index < -0.39 is 18.2 Å². The summed E-state index contributed by atoms with van der Waals surface area (Å²) in [6, 6.07) is 12.1. The third-order valence-corrected chi connectivity index (χ3v) is 4.02. The van der Waals surface area contributed by atoms with Crippen LogP contribution in [0.1, 0.15) is 18.1 Å². The number of amides is 3. The number of aliphatic hydroxyl groups is 1. The predicted octanol–water partition coefficient (Wildman–Crippen LogP) is 3.43. The Balaban J connectivity index is 1.82. The summed E-state index contributed by atoms with van der Waals surface area (Å²) in [5.74, 6) is 0.662. The molecular weight excluding hydrogens is 374 g/mol. The number of hydrogen-bond donors (Lipinski definition) is 4. The number of urea groups is 1. The number of hydrogen-bond acceptors (Lipinski definition) is 5. The van der Waals surface area contributed by atoms with Gasteiger partial charge in [0.05, 0.1) is 6.61 Å². The molecule has 2 aromatic rings. The van der Waals surface area contributed by atoms with Gasteiger partial charge < -0.3 is 25.2 Å². The number of anilines is 2. The molecule has 0 aromatic heterocycles. The summed E-state index contributed by atoms with van der Waals surface area (Å²) in [5, 5.41) is 17.9. The van der Waals surface area contributed by atoms with Crippen molar-refractivity contribution in [1.82, 2.24) is 5.32 Å². The molecule has 0 spiro atoms. The van der Waals surface area contributed by atoms with Crippen LogP contribution in [0.2, 0.25) is 0 Å². The van der Waals surface area contributed by atoms with Gasteiger partial charge in [0.1, 0.15) is 18.5 Å². The molecule has 0 saturated carbocycles. The largest absolute Gasteiger partial charge is 0.491 e. The molecule has 8 heteroatoms. The summed E-state index contributed by atoms with van der Waals surface area (Å²) in [7, 11) is 0. The van der Waals surface area contributed by atoms with Gasteiger partial charge in [0, 0.05) is 17.9 Å². The van der Waals surface area contributed by atoms with E-state index in [0.29, 0.717) is 22.7 Å². The Kier molecular flexibility index (Phi) is 8.29. The van der Waals surface area contributed by atoms with Gasteiger partial charge in [-0.3, -0.25) is 5.32 Å². The number of benzene rings is 2. The number of carbonyl (C=O) groups excluding carboxylic acids is 2. The molecule has 0 aliphatic heterocycles. The Labute approximate surface area is 170 Å². The van der Waals surface area contributed by atoms with Crippen molar-refractivity contribution in [2.24, 2.45) is 0 Å². The van der Waals surface area contributed by atoms with Crippen molar-refractivity contribution in [3.63, 3.8) is 0 Å². The average molecular weight is 401 g/mol. The zero-order valence-electron chi connectivity index (χ0n) is 16.8. The first-order valence-corrected chi connectivity index (χ1v) is 9.34. The fourth-order valence-electron chi connectivity index (χ4n) is 2.52. The van der Waals surface area contributed by atoms with Gasteiger partial charge >= 0.3 is 12.1 Å². The third-order valence-electron chi connectivity index (χ3n) is 4.02. The first-order valence-electron chi connectivity index (χ1n) is 9.34. The number of aryl methyl sites for hydroxylation is 1. The van der Waals surface area contributed by atoms with E-state index in [-0.39, 0.29) is 19.8 Å². The van der Waals surface area contributed by atoms with Crippen molar-refractivity contribution >= 4 is 23.5 Å². The Morgan fingerprint density at radius 3 is 2.45 bits per heavy atom. The highest BCUT2D eigenvalue weighted by Gasteiger charge is 2.12. The summed E-state index contributed by atoms with van der Waals surface area (Å²) in [6.45, 7) is 5.78.